The van der Waals surface area contributed by atoms with Gasteiger partial charge >= 0.3 is 0 Å². The zero-order valence-corrected chi connectivity index (χ0v) is 13.4. The monoisotopic (exact) mass is 314 g/mol. The van der Waals surface area contributed by atoms with Crippen molar-refractivity contribution in [3.8, 4) is 5.75 Å². The van der Waals surface area contributed by atoms with Crippen LogP contribution in [0.3, 0.4) is 0 Å². The summed E-state index contributed by atoms with van der Waals surface area (Å²) >= 11 is 0. The van der Waals surface area contributed by atoms with Crippen LogP contribution in [0.1, 0.15) is 25.3 Å². The van der Waals surface area contributed by atoms with E-state index >= 15 is 0 Å². The van der Waals surface area contributed by atoms with E-state index in [0.29, 0.717) is 12.1 Å². The van der Waals surface area contributed by atoms with Crippen LogP contribution in [0.2, 0.25) is 0 Å². The number of hydrogen-bond donors (Lipinski definition) is 2. The number of rotatable bonds is 5. The molecular weight excluding hydrogens is 292 g/mol. The van der Waals surface area contributed by atoms with Gasteiger partial charge in [-0.3, -0.25) is 0 Å². The van der Waals surface area contributed by atoms with Crippen LogP contribution in [-0.4, -0.2) is 43.6 Å². The van der Waals surface area contributed by atoms with Crippen LogP contribution in [0, 0.1) is 6.92 Å². The molecule has 2 rings (SSSR count). The molecule has 0 amide bonds. The van der Waals surface area contributed by atoms with E-state index in [9.17, 15) is 13.5 Å². The first kappa shape index (κ1) is 16.1. The van der Waals surface area contributed by atoms with Gasteiger partial charge < -0.3 is 15.6 Å². The van der Waals surface area contributed by atoms with Gasteiger partial charge in [-0.2, -0.15) is 4.31 Å². The highest BCUT2D eigenvalue weighted by atomic mass is 32.2. The molecule has 1 heterocycles. The second-order valence-corrected chi connectivity index (χ2v) is 7.51. The lowest BCUT2D eigenvalue weighted by Gasteiger charge is -2.45. The number of anilines is 1. The molecule has 1 aliphatic heterocycles. The van der Waals surface area contributed by atoms with Crippen molar-refractivity contribution >= 4 is 15.7 Å². The molecule has 0 bridgehead atoms. The number of nitrogens with zero attached hydrogens (tertiary/aromatic N) is 1. The van der Waals surface area contributed by atoms with E-state index in [4.69, 9.17) is 10.5 Å². The Kier molecular flexibility index (Phi) is 4.19. The molecule has 1 aromatic carbocycles. The van der Waals surface area contributed by atoms with Crippen molar-refractivity contribution in [2.45, 2.75) is 37.2 Å². The summed E-state index contributed by atoms with van der Waals surface area (Å²) in [5.74, 6) is 0.271. The van der Waals surface area contributed by atoms with Crippen LogP contribution in [0.25, 0.3) is 0 Å². The Morgan fingerprint density at radius 3 is 2.57 bits per heavy atom. The van der Waals surface area contributed by atoms with Crippen molar-refractivity contribution in [1.82, 2.24) is 4.31 Å². The number of hydrogen-bond acceptors (Lipinski definition) is 5. The predicted molar refractivity (Wildman–Crippen MR) is 80.8 cm³/mol. The standard InChI is InChI=1S/C14H22N2O4S/c1-4-5-14(17)8-16(9-14)21(18,19)13-7-11(15)10(2)6-12(13)20-3/h6-7,17H,4-5,8-9,15H2,1-3H3. The molecule has 0 atom stereocenters. The fourth-order valence-electron chi connectivity index (χ4n) is 2.58. The lowest BCUT2D eigenvalue weighted by molar-refractivity contribution is -0.0653. The molecule has 21 heavy (non-hydrogen) atoms. The van der Waals surface area contributed by atoms with E-state index in [0.717, 1.165) is 12.0 Å². The lowest BCUT2D eigenvalue weighted by atomic mass is 9.92. The fourth-order valence-corrected chi connectivity index (χ4v) is 4.35. The minimum absolute atomic E-state index is 0.0478. The van der Waals surface area contributed by atoms with Gasteiger partial charge in [0.1, 0.15) is 10.6 Å². The van der Waals surface area contributed by atoms with Crippen LogP contribution in [0.5, 0.6) is 5.75 Å². The number of sulfonamides is 1. The number of nitrogen functional groups attached to an aromatic ring is 1. The SMILES string of the molecule is CCCC1(O)CN(S(=O)(=O)c2cc(N)c(C)cc2OC)C1. The molecule has 1 aliphatic rings. The van der Waals surface area contributed by atoms with Crippen molar-refractivity contribution in [1.29, 1.82) is 0 Å². The Hall–Kier alpha value is -1.31. The van der Waals surface area contributed by atoms with Crippen molar-refractivity contribution in [3.63, 3.8) is 0 Å². The van der Waals surface area contributed by atoms with Crippen molar-refractivity contribution in [2.75, 3.05) is 25.9 Å². The van der Waals surface area contributed by atoms with Gasteiger partial charge in [-0.05, 0) is 31.0 Å². The molecule has 0 spiro atoms. The van der Waals surface area contributed by atoms with Crippen LogP contribution in [-0.2, 0) is 10.0 Å². The first-order valence-electron chi connectivity index (χ1n) is 6.90. The number of β-amino-alcohol motifs (C(OH)–C–C–N with tert-alkyl or cyclic N) is 1. The highest BCUT2D eigenvalue weighted by molar-refractivity contribution is 7.89. The molecule has 6 nitrogen and oxygen atoms in total. The minimum atomic E-state index is -3.71. The van der Waals surface area contributed by atoms with Crippen LogP contribution < -0.4 is 10.5 Å². The second-order valence-electron chi connectivity index (χ2n) is 5.61. The van der Waals surface area contributed by atoms with Crippen LogP contribution in [0.4, 0.5) is 5.69 Å². The van der Waals surface area contributed by atoms with E-state index in [1.54, 1.807) is 13.0 Å². The summed E-state index contributed by atoms with van der Waals surface area (Å²) in [5.41, 5.74) is 6.06. The number of benzene rings is 1. The maximum atomic E-state index is 12.6. The molecule has 1 saturated heterocycles. The summed E-state index contributed by atoms with van der Waals surface area (Å²) in [5, 5.41) is 10.2. The highest BCUT2D eigenvalue weighted by Gasteiger charge is 2.47. The third kappa shape index (κ3) is 2.86. The number of ether oxygens (including phenoxy) is 1. The number of methoxy groups -OCH3 is 1. The molecule has 0 saturated carbocycles. The molecule has 0 radical (unpaired) electrons. The highest BCUT2D eigenvalue weighted by Crippen LogP contribution is 2.36. The average molecular weight is 314 g/mol. The van der Waals surface area contributed by atoms with Gasteiger partial charge in [-0.15, -0.1) is 0 Å². The van der Waals surface area contributed by atoms with Gasteiger partial charge in [0.2, 0.25) is 10.0 Å². The Labute approximate surface area is 125 Å². The van der Waals surface area contributed by atoms with E-state index in [2.05, 4.69) is 0 Å². The summed E-state index contributed by atoms with van der Waals surface area (Å²) < 4.78 is 31.7. The smallest absolute Gasteiger partial charge is 0.247 e. The molecule has 7 heteroatoms. The number of nitrogens with two attached hydrogens (primary N) is 1. The number of aryl methyl sites for hydroxylation is 1. The first-order chi connectivity index (χ1) is 9.73. The molecule has 0 aromatic heterocycles. The van der Waals surface area contributed by atoms with Gasteiger partial charge in [-0.1, -0.05) is 13.3 Å². The summed E-state index contributed by atoms with van der Waals surface area (Å²) in [6.07, 6.45) is 1.40. The Morgan fingerprint density at radius 2 is 2.05 bits per heavy atom. The maximum absolute atomic E-state index is 12.6. The van der Waals surface area contributed by atoms with Crippen molar-refractivity contribution in [3.05, 3.63) is 17.7 Å². The summed E-state index contributed by atoms with van der Waals surface area (Å²) in [7, 11) is -2.28. The van der Waals surface area contributed by atoms with Crippen LogP contribution in [0.15, 0.2) is 17.0 Å². The van der Waals surface area contributed by atoms with Crippen molar-refractivity contribution in [2.24, 2.45) is 0 Å². The van der Waals surface area contributed by atoms with Gasteiger partial charge in [0, 0.05) is 18.8 Å². The van der Waals surface area contributed by atoms with Gasteiger partial charge in [0.05, 0.1) is 12.7 Å². The summed E-state index contributed by atoms with van der Waals surface area (Å²) in [6.45, 7) is 3.97. The minimum Gasteiger partial charge on any atom is -0.495 e. The van der Waals surface area contributed by atoms with E-state index in [-0.39, 0.29) is 23.7 Å². The van der Waals surface area contributed by atoms with Crippen molar-refractivity contribution < 1.29 is 18.3 Å². The first-order valence-corrected chi connectivity index (χ1v) is 8.34. The lowest BCUT2D eigenvalue weighted by Crippen LogP contribution is -2.63. The fraction of sp³-hybridized carbons (Fsp3) is 0.571. The third-order valence-electron chi connectivity index (χ3n) is 3.83. The normalized spacial score (nSPS) is 18.3. The molecule has 1 fully saturated rings. The summed E-state index contributed by atoms with van der Waals surface area (Å²) in [4.78, 5) is 0.0478. The maximum Gasteiger partial charge on any atom is 0.247 e. The largest absolute Gasteiger partial charge is 0.495 e. The molecule has 0 unspecified atom stereocenters. The van der Waals surface area contributed by atoms with Gasteiger partial charge in [0.15, 0.2) is 0 Å². The predicted octanol–water partition coefficient (Wildman–Crippen LogP) is 1.12. The van der Waals surface area contributed by atoms with Gasteiger partial charge in [0.25, 0.3) is 0 Å². The van der Waals surface area contributed by atoms with E-state index in [1.807, 2.05) is 6.92 Å². The quantitative estimate of drug-likeness (QED) is 0.795. The topological polar surface area (TPSA) is 92.9 Å². The van der Waals surface area contributed by atoms with E-state index in [1.165, 1.54) is 17.5 Å². The third-order valence-corrected chi connectivity index (χ3v) is 5.64. The second kappa shape index (κ2) is 5.47. The molecule has 0 aliphatic carbocycles. The Balaban J connectivity index is 2.32. The molecule has 1 aromatic rings. The zero-order chi connectivity index (χ0) is 15.8. The molecule has 3 N–H and O–H groups in total. The molecule has 118 valence electrons. The Bertz CT molecular complexity index is 637. The average Bonchev–Trinajstić information content (AvgIpc) is 2.38. The summed E-state index contributed by atoms with van der Waals surface area (Å²) in [6, 6.07) is 3.03. The Morgan fingerprint density at radius 1 is 1.43 bits per heavy atom. The van der Waals surface area contributed by atoms with E-state index < -0.39 is 15.6 Å². The van der Waals surface area contributed by atoms with Crippen LogP contribution >= 0.6 is 0 Å². The van der Waals surface area contributed by atoms with Gasteiger partial charge in [-0.25, -0.2) is 8.42 Å². The number of aliphatic hydroxyl groups is 1. The molecular formula is C14H22N2O4S. The zero-order valence-electron chi connectivity index (χ0n) is 12.6.